The second-order valence-corrected chi connectivity index (χ2v) is 33.0. The van der Waals surface area contributed by atoms with Crippen LogP contribution in [0.5, 0.6) is 0 Å². The van der Waals surface area contributed by atoms with Crippen molar-refractivity contribution in [3.8, 4) is 6.07 Å². The first kappa shape index (κ1) is 73.4. The highest BCUT2D eigenvalue weighted by atomic mass is 32.3. The lowest BCUT2D eigenvalue weighted by atomic mass is 9.43. The zero-order chi connectivity index (χ0) is 60.9. The molecule has 13 rings (SSSR count). The monoisotopic (exact) mass is 1230 g/mol. The quantitative estimate of drug-likeness (QED) is 0.102. The maximum Gasteiger partial charge on any atom is 0.394 e. The summed E-state index contributed by atoms with van der Waals surface area (Å²) in [5.74, 6) is 7.67. The first-order valence-corrected chi connectivity index (χ1v) is 34.5. The van der Waals surface area contributed by atoms with Gasteiger partial charge in [-0.15, -0.1) is 0 Å². The Balaban J connectivity index is 0.000000190. The van der Waals surface area contributed by atoms with Crippen molar-refractivity contribution in [1.29, 1.82) is 5.26 Å². The van der Waals surface area contributed by atoms with E-state index < -0.39 is 10.4 Å². The normalized spacial score (nSPS) is 49.6. The van der Waals surface area contributed by atoms with Crippen molar-refractivity contribution in [2.45, 2.75) is 314 Å². The van der Waals surface area contributed by atoms with E-state index in [-0.39, 0.29) is 122 Å². The van der Waals surface area contributed by atoms with Gasteiger partial charge in [0.25, 0.3) is 0 Å². The van der Waals surface area contributed by atoms with Crippen LogP contribution in [0, 0.1) is 121 Å². The topological polar surface area (TPSA) is 265 Å². The number of aliphatic hydroxyl groups is 5. The smallest absolute Gasteiger partial charge is 0.394 e. The first-order chi connectivity index (χ1) is 38.6. The molecule has 12 aliphatic carbocycles. The van der Waals surface area contributed by atoms with E-state index in [0.717, 1.165) is 96.3 Å². The molecule has 16 heteroatoms. The van der Waals surface area contributed by atoms with Crippen LogP contribution in [0.15, 0.2) is 0 Å². The molecule has 0 spiro atoms. The van der Waals surface area contributed by atoms with Crippen molar-refractivity contribution >= 4 is 22.0 Å². The average Bonchev–Trinajstić information content (AvgIpc) is 1.32. The zero-order valence-corrected chi connectivity index (χ0v) is 53.6. The largest absolute Gasteiger partial charge is 0.394 e. The predicted octanol–water partition coefficient (Wildman–Crippen LogP) is 12.9. The van der Waals surface area contributed by atoms with Gasteiger partial charge in [0.2, 0.25) is 0 Å². The van der Waals surface area contributed by atoms with Crippen LogP contribution in [-0.2, 0) is 34.2 Å². The minimum Gasteiger partial charge on any atom is -0.394 e. The van der Waals surface area contributed by atoms with E-state index in [1.54, 1.807) is 13.8 Å². The third-order valence-corrected chi connectivity index (χ3v) is 26.6. The second-order valence-electron chi connectivity index (χ2n) is 32.1. The maximum atomic E-state index is 12.5. The third-order valence-electron chi connectivity index (χ3n) is 26.6. The number of fused-ring (bicyclic) bond motifs is 16. The molecule has 13 fully saturated rings. The standard InChI is InChI=1S/C23H37NO3.C22H36O3.C19H28O3.C3H8O.3CH4.H2O4S/c1-13(2)27-20-11-23(4)14(9-18(20)25)5-7-16-17-8-6-15(12-24)22(17,3)10-19(26)21(16)23;1-13(2)25-19-12-22(4)14(11-18(19)23)5-6-15-16-7-8-20(24)21(16,3)10-9-17(15)22;1-18-9-15-14(22-15)7-10(18)3-4-11-12-5-6-16(21)19(12,2)8-13(20)17(11)18;1-3(2)4;;;;1-5(2,3)4/h13-21,25-26H,5-11H2,1-4H3;13-19,23H,5-12H2,1-4H3;10-15,17,20H,3-9H2,1-2H3;3-4H,1-2H3;3*1H4;(H2,1,2,3,4)/t14-,15+,16-,17-,18-,19-,20-,21+,22+,23-;14-,15-,16-,17-,18-,19-,21-,22-;10-,11-,12-,13-,14-,15+,17+,18-,19-;;;;;/m000...../s1. The Bertz CT molecular complexity index is 2460. The molecule has 0 aromatic carbocycles. The van der Waals surface area contributed by atoms with E-state index in [9.17, 15) is 35.3 Å². The molecule has 1 aliphatic heterocycles. The molecule has 0 unspecified atom stereocenters. The highest BCUT2D eigenvalue weighted by Crippen LogP contribution is 2.70. The molecular weight excluding hydrogens is 1110 g/mol. The van der Waals surface area contributed by atoms with Crippen molar-refractivity contribution in [2.75, 3.05) is 0 Å². The second kappa shape index (κ2) is 27.1. The molecule has 0 amide bonds. The van der Waals surface area contributed by atoms with E-state index in [4.69, 9.17) is 36.8 Å². The van der Waals surface area contributed by atoms with E-state index in [1.807, 2.05) is 13.8 Å². The Kier molecular flexibility index (Phi) is 23.2. The van der Waals surface area contributed by atoms with Crippen molar-refractivity contribution in [3.63, 3.8) is 0 Å². The van der Waals surface area contributed by atoms with Gasteiger partial charge in [0.1, 0.15) is 11.6 Å². The number of ketones is 2. The summed E-state index contributed by atoms with van der Waals surface area (Å²) < 4.78 is 49.6. The van der Waals surface area contributed by atoms with Gasteiger partial charge in [0, 0.05) is 29.8 Å². The summed E-state index contributed by atoms with van der Waals surface area (Å²) in [6.07, 6.45) is 22.4. The fraction of sp³-hybridized carbons (Fsp3) is 0.957. The Morgan fingerprint density at radius 1 is 0.512 bits per heavy atom. The van der Waals surface area contributed by atoms with Gasteiger partial charge >= 0.3 is 10.4 Å². The maximum absolute atomic E-state index is 12.5. The Morgan fingerprint density at radius 2 is 0.930 bits per heavy atom. The molecule has 15 nitrogen and oxygen atoms in total. The average molecular weight is 1230 g/mol. The van der Waals surface area contributed by atoms with Gasteiger partial charge in [-0.25, -0.2) is 0 Å². The lowest BCUT2D eigenvalue weighted by Crippen LogP contribution is -2.61. The summed E-state index contributed by atoms with van der Waals surface area (Å²) in [4.78, 5) is 25.0. The van der Waals surface area contributed by atoms with Crippen molar-refractivity contribution in [1.82, 2.24) is 0 Å². The number of carbonyl (C=O) groups is 2. The number of carbonyl (C=O) groups excluding carboxylic acids is 2. The molecular formula is C70H123NO14S. The lowest BCUT2D eigenvalue weighted by molar-refractivity contribution is -0.206. The predicted molar refractivity (Wildman–Crippen MR) is 336 cm³/mol. The van der Waals surface area contributed by atoms with Crippen LogP contribution in [0.3, 0.4) is 0 Å². The summed E-state index contributed by atoms with van der Waals surface area (Å²) in [7, 11) is -4.67. The van der Waals surface area contributed by atoms with Gasteiger partial charge in [-0.1, -0.05) is 63.8 Å². The molecule has 0 aromatic rings. The molecule has 0 aromatic heterocycles. The number of epoxide rings is 1. The van der Waals surface area contributed by atoms with Crippen molar-refractivity contribution < 1.29 is 66.9 Å². The zero-order valence-electron chi connectivity index (χ0n) is 52.8. The van der Waals surface area contributed by atoms with Gasteiger partial charge in [0.15, 0.2) is 0 Å². The van der Waals surface area contributed by atoms with Gasteiger partial charge < -0.3 is 39.7 Å². The molecule has 13 aliphatic rings. The Labute approximate surface area is 521 Å². The number of rotatable bonds is 4. The number of nitrogens with zero attached hydrogens (tertiary/aromatic N) is 1. The fourth-order valence-corrected chi connectivity index (χ4v) is 23.0. The lowest BCUT2D eigenvalue weighted by Gasteiger charge is -2.62. The van der Waals surface area contributed by atoms with Gasteiger partial charge in [-0.2, -0.15) is 13.7 Å². The Hall–Kier alpha value is -1.62. The Morgan fingerprint density at radius 3 is 1.44 bits per heavy atom. The fourth-order valence-electron chi connectivity index (χ4n) is 23.0. The van der Waals surface area contributed by atoms with Crippen LogP contribution < -0.4 is 0 Å². The van der Waals surface area contributed by atoms with Crippen molar-refractivity contribution in [3.05, 3.63) is 0 Å². The summed E-state index contributed by atoms with van der Waals surface area (Å²) in [6, 6.07) is 2.56. The SMILES string of the molecule is C.C.C.CC(C)O.CC(C)O[C@H]1C[C@@]2(C)[C@@H](CC[C@@H]3[C@@H]2CC[C@]2(C)C(=O)CC[C@@H]32)C[C@@H]1O.CC(C)O[C@H]1C[C@@]2(C)[C@@H](CC[C@@H]3[C@@H]2[C@@H](O)C[C@]2(C)[C@@H](C#N)CC[C@@H]32)C[C@@H]1O.C[C@]12C[C@H]3O[C@H]3C[C@@H]1CC[C@@H]1[C@@H]2[C@@H](O)C[C@]2(C)C(=O)CC[C@@H]12.O=S(=O)(O)O. The minimum absolute atomic E-state index is 0. The summed E-state index contributed by atoms with van der Waals surface area (Å²) in [6.45, 7) is 25.6. The van der Waals surface area contributed by atoms with Crippen LogP contribution >= 0.6 is 0 Å². The van der Waals surface area contributed by atoms with Gasteiger partial charge in [0.05, 0.1) is 73.0 Å². The third kappa shape index (κ3) is 13.7. The summed E-state index contributed by atoms with van der Waals surface area (Å²) in [5, 5.41) is 61.4. The van der Waals surface area contributed by atoms with E-state index in [2.05, 4.69) is 61.5 Å². The van der Waals surface area contributed by atoms with Crippen LogP contribution in [0.25, 0.3) is 0 Å². The number of nitriles is 1. The minimum atomic E-state index is -4.67. The van der Waals surface area contributed by atoms with Gasteiger partial charge in [-0.3, -0.25) is 18.7 Å². The molecule has 7 N–H and O–H groups in total. The highest BCUT2D eigenvalue weighted by molar-refractivity contribution is 7.79. The van der Waals surface area contributed by atoms with Crippen LogP contribution in [-0.4, -0.2) is 122 Å². The molecule has 27 atom stereocenters. The number of ether oxygens (including phenoxy) is 3. The first-order valence-electron chi connectivity index (χ1n) is 33.2. The van der Waals surface area contributed by atoms with Crippen molar-refractivity contribution in [2.24, 2.45) is 109 Å². The van der Waals surface area contributed by atoms with E-state index in [1.165, 1.54) is 38.5 Å². The number of Topliss-reactive ketones (excluding diaryl/α,β-unsaturated/α-hetero) is 2. The van der Waals surface area contributed by atoms with E-state index >= 15 is 0 Å². The van der Waals surface area contributed by atoms with Gasteiger partial charge in [-0.05, 0) is 263 Å². The number of hydrogen-bond acceptors (Lipinski definition) is 13. The molecule has 1 heterocycles. The number of aliphatic hydroxyl groups excluding tert-OH is 5. The van der Waals surface area contributed by atoms with Crippen LogP contribution in [0.4, 0.5) is 0 Å². The molecule has 12 saturated carbocycles. The molecule has 498 valence electrons. The molecule has 86 heavy (non-hydrogen) atoms. The highest BCUT2D eigenvalue weighted by Gasteiger charge is 2.68. The van der Waals surface area contributed by atoms with E-state index in [0.29, 0.717) is 95.3 Å². The molecule has 0 bridgehead atoms. The van der Waals surface area contributed by atoms with Crippen LogP contribution in [0.1, 0.15) is 247 Å². The summed E-state index contributed by atoms with van der Waals surface area (Å²) >= 11 is 0. The number of hydrogen-bond donors (Lipinski definition) is 7. The summed E-state index contributed by atoms with van der Waals surface area (Å²) in [5.41, 5.74) is 0.221. The molecule has 0 radical (unpaired) electrons. The molecule has 1 saturated heterocycles. The van der Waals surface area contributed by atoms with Crippen LogP contribution in [0.2, 0.25) is 0 Å².